The molecule has 21 heavy (non-hydrogen) atoms. The van der Waals surface area contributed by atoms with E-state index in [0.717, 1.165) is 12.1 Å². The molecule has 3 atom stereocenters. The topological polar surface area (TPSA) is 64.4 Å². The minimum Gasteiger partial charge on any atom is -0.285 e. The second-order valence-corrected chi connectivity index (χ2v) is 7.53. The van der Waals surface area contributed by atoms with Gasteiger partial charge in [-0.15, -0.1) is 0 Å². The first-order valence-corrected chi connectivity index (χ1v) is 8.36. The summed E-state index contributed by atoms with van der Waals surface area (Å²) < 4.78 is 40.6. The van der Waals surface area contributed by atoms with Gasteiger partial charge >= 0.3 is 0 Å². The first kappa shape index (κ1) is 14.7. The summed E-state index contributed by atoms with van der Waals surface area (Å²) in [5, 5.41) is 9.32. The number of benzene rings is 1. The van der Waals surface area contributed by atoms with Crippen molar-refractivity contribution in [2.45, 2.75) is 23.4 Å². The molecule has 3 unspecified atom stereocenters. The Morgan fingerprint density at radius 2 is 2.14 bits per heavy atom. The Morgan fingerprint density at radius 3 is 2.86 bits per heavy atom. The van der Waals surface area contributed by atoms with Crippen molar-refractivity contribution in [1.29, 1.82) is 5.26 Å². The molecule has 0 saturated carbocycles. The van der Waals surface area contributed by atoms with Gasteiger partial charge in [0, 0.05) is 30.7 Å². The molecule has 2 aliphatic heterocycles. The van der Waals surface area contributed by atoms with Gasteiger partial charge in [0.2, 0.25) is 10.0 Å². The van der Waals surface area contributed by atoms with Crippen molar-refractivity contribution in [1.82, 2.24) is 9.21 Å². The number of halogens is 2. The second-order valence-electron chi connectivity index (χ2n) is 5.23. The van der Waals surface area contributed by atoms with Crippen molar-refractivity contribution in [3.63, 3.8) is 0 Å². The zero-order valence-electron chi connectivity index (χ0n) is 11.0. The Balaban J connectivity index is 2.02. The number of sulfonamides is 1. The summed E-state index contributed by atoms with van der Waals surface area (Å²) in [4.78, 5) is 1.54. The smallest absolute Gasteiger partial charge is 0.246 e. The Kier molecular flexibility index (Phi) is 3.66. The van der Waals surface area contributed by atoms with E-state index >= 15 is 0 Å². The van der Waals surface area contributed by atoms with Crippen LogP contribution in [-0.4, -0.2) is 49.3 Å². The second kappa shape index (κ2) is 5.21. The molecular formula is C13H13ClFN3O2S. The van der Waals surface area contributed by atoms with E-state index in [1.807, 2.05) is 4.90 Å². The maximum atomic E-state index is 13.9. The maximum absolute atomic E-state index is 13.9. The number of nitriles is 1. The Hall–Kier alpha value is -1.20. The zero-order chi connectivity index (χ0) is 15.2. The van der Waals surface area contributed by atoms with Crippen LogP contribution in [0.1, 0.15) is 6.42 Å². The van der Waals surface area contributed by atoms with E-state index < -0.39 is 26.8 Å². The molecule has 3 rings (SSSR count). The summed E-state index contributed by atoms with van der Waals surface area (Å²) in [7, 11) is -4.00. The van der Waals surface area contributed by atoms with Gasteiger partial charge in [0.25, 0.3) is 0 Å². The van der Waals surface area contributed by atoms with Crippen LogP contribution in [0.25, 0.3) is 0 Å². The lowest BCUT2D eigenvalue weighted by molar-refractivity contribution is 0.175. The Labute approximate surface area is 127 Å². The molecule has 2 fully saturated rings. The lowest BCUT2D eigenvalue weighted by Gasteiger charge is -2.36. The molecule has 1 aromatic carbocycles. The number of fused-ring (bicyclic) bond motifs is 2. The SMILES string of the molecule is N#CC1CN(S(=O)(=O)c2cc(Cl)ccc2F)C2CCN1C2. The van der Waals surface area contributed by atoms with Gasteiger partial charge in [-0.2, -0.15) is 9.57 Å². The molecule has 5 nitrogen and oxygen atoms in total. The average molecular weight is 330 g/mol. The van der Waals surface area contributed by atoms with E-state index in [0.29, 0.717) is 19.5 Å². The average Bonchev–Trinajstić information content (AvgIpc) is 2.85. The highest BCUT2D eigenvalue weighted by atomic mass is 35.5. The number of piperazine rings is 1. The van der Waals surface area contributed by atoms with Gasteiger partial charge in [0.1, 0.15) is 16.8 Å². The molecule has 0 radical (unpaired) electrons. The fraction of sp³-hybridized carbons (Fsp3) is 0.462. The van der Waals surface area contributed by atoms with Gasteiger partial charge in [0.15, 0.2) is 0 Å². The van der Waals surface area contributed by atoms with E-state index in [1.54, 1.807) is 0 Å². The summed E-state index contributed by atoms with van der Waals surface area (Å²) in [6.45, 7) is 1.27. The van der Waals surface area contributed by atoms with Crippen molar-refractivity contribution < 1.29 is 12.8 Å². The summed E-state index contributed by atoms with van der Waals surface area (Å²) in [6, 6.07) is 4.89. The Morgan fingerprint density at radius 1 is 1.38 bits per heavy atom. The molecule has 0 aliphatic carbocycles. The van der Waals surface area contributed by atoms with Crippen LogP contribution in [0.4, 0.5) is 4.39 Å². The van der Waals surface area contributed by atoms with Crippen LogP contribution in [0.15, 0.2) is 23.1 Å². The van der Waals surface area contributed by atoms with Crippen molar-refractivity contribution in [3.05, 3.63) is 29.0 Å². The standard InChI is InChI=1S/C13H13ClFN3O2S/c14-9-1-2-12(15)13(5-9)21(19,20)18-8-11(6-16)17-4-3-10(18)7-17/h1-2,5,10-11H,3-4,7-8H2. The first-order valence-electron chi connectivity index (χ1n) is 6.54. The lowest BCUT2D eigenvalue weighted by atomic mass is 10.2. The fourth-order valence-corrected chi connectivity index (χ4v) is 4.92. The van der Waals surface area contributed by atoms with E-state index in [-0.39, 0.29) is 17.6 Å². The van der Waals surface area contributed by atoms with Crippen LogP contribution in [0.2, 0.25) is 5.02 Å². The quantitative estimate of drug-likeness (QED) is 0.824. The number of nitrogens with zero attached hydrogens (tertiary/aromatic N) is 3. The summed E-state index contributed by atoms with van der Waals surface area (Å²) >= 11 is 5.79. The molecule has 2 heterocycles. The molecule has 0 amide bonds. The molecule has 2 bridgehead atoms. The number of hydrogen-bond acceptors (Lipinski definition) is 4. The summed E-state index contributed by atoms with van der Waals surface area (Å²) in [5.41, 5.74) is 0. The summed E-state index contributed by atoms with van der Waals surface area (Å²) in [6.07, 6.45) is 0.652. The highest BCUT2D eigenvalue weighted by molar-refractivity contribution is 7.89. The Bertz CT molecular complexity index is 719. The van der Waals surface area contributed by atoms with Crippen LogP contribution in [0.5, 0.6) is 0 Å². The van der Waals surface area contributed by atoms with E-state index in [1.165, 1.54) is 10.4 Å². The molecule has 112 valence electrons. The lowest BCUT2D eigenvalue weighted by Crippen LogP contribution is -2.54. The fourth-order valence-electron chi connectivity index (χ4n) is 2.94. The molecule has 0 spiro atoms. The summed E-state index contributed by atoms with van der Waals surface area (Å²) in [5.74, 6) is -0.826. The molecular weight excluding hydrogens is 317 g/mol. The van der Waals surface area contributed by atoms with Crippen molar-refractivity contribution in [2.24, 2.45) is 0 Å². The molecule has 2 saturated heterocycles. The van der Waals surface area contributed by atoms with E-state index in [2.05, 4.69) is 6.07 Å². The van der Waals surface area contributed by atoms with Gasteiger partial charge in [0.05, 0.1) is 6.07 Å². The van der Waals surface area contributed by atoms with Gasteiger partial charge in [-0.3, -0.25) is 4.90 Å². The minimum atomic E-state index is -4.00. The number of hydrogen-bond donors (Lipinski definition) is 0. The molecule has 0 aromatic heterocycles. The van der Waals surface area contributed by atoms with E-state index in [9.17, 15) is 12.8 Å². The van der Waals surface area contributed by atoms with Gasteiger partial charge in [-0.05, 0) is 24.6 Å². The molecule has 1 aromatic rings. The predicted molar refractivity (Wildman–Crippen MR) is 74.7 cm³/mol. The van der Waals surface area contributed by atoms with Crippen molar-refractivity contribution in [3.8, 4) is 6.07 Å². The van der Waals surface area contributed by atoms with Gasteiger partial charge in [-0.1, -0.05) is 11.6 Å². The molecule has 2 aliphatic rings. The monoisotopic (exact) mass is 329 g/mol. The van der Waals surface area contributed by atoms with Crippen LogP contribution in [-0.2, 0) is 10.0 Å². The van der Waals surface area contributed by atoms with Crippen LogP contribution >= 0.6 is 11.6 Å². The van der Waals surface area contributed by atoms with Crippen molar-refractivity contribution in [2.75, 3.05) is 19.6 Å². The number of rotatable bonds is 2. The van der Waals surface area contributed by atoms with E-state index in [4.69, 9.17) is 16.9 Å². The highest BCUT2D eigenvalue weighted by Gasteiger charge is 2.45. The van der Waals surface area contributed by atoms with Gasteiger partial charge < -0.3 is 0 Å². The van der Waals surface area contributed by atoms with Crippen LogP contribution < -0.4 is 0 Å². The third-order valence-electron chi connectivity index (χ3n) is 4.02. The maximum Gasteiger partial charge on any atom is 0.246 e. The largest absolute Gasteiger partial charge is 0.285 e. The third kappa shape index (κ3) is 2.42. The van der Waals surface area contributed by atoms with Crippen LogP contribution in [0.3, 0.4) is 0 Å². The first-order chi connectivity index (χ1) is 9.93. The normalized spacial score (nSPS) is 29.3. The third-order valence-corrected chi connectivity index (χ3v) is 6.19. The zero-order valence-corrected chi connectivity index (χ0v) is 12.6. The van der Waals surface area contributed by atoms with Gasteiger partial charge in [-0.25, -0.2) is 12.8 Å². The molecule has 8 heteroatoms. The highest BCUT2D eigenvalue weighted by Crippen LogP contribution is 2.31. The van der Waals surface area contributed by atoms with Crippen LogP contribution in [0, 0.1) is 17.1 Å². The predicted octanol–water partition coefficient (Wildman–Crippen LogP) is 1.45. The van der Waals surface area contributed by atoms with Crippen molar-refractivity contribution >= 4 is 21.6 Å². The molecule has 0 N–H and O–H groups in total. The minimum absolute atomic E-state index is 0.0649.